The molecule has 3 heteroatoms. The van der Waals surface area contributed by atoms with Crippen LogP contribution in [0.1, 0.15) is 25.0 Å². The molecule has 1 N–H and O–H groups in total. The van der Waals surface area contributed by atoms with E-state index in [0.717, 1.165) is 25.3 Å². The van der Waals surface area contributed by atoms with Crippen molar-refractivity contribution in [2.75, 3.05) is 19.6 Å². The monoisotopic (exact) mass is 227 g/mol. The molecule has 0 bridgehead atoms. The number of benzene rings is 1. The molecule has 0 amide bonds. The second-order valence-corrected chi connectivity index (χ2v) is 5.48. The van der Waals surface area contributed by atoms with Crippen molar-refractivity contribution in [3.63, 3.8) is 0 Å². The molecule has 1 heterocycles. The zero-order valence-electron chi connectivity index (χ0n) is 11.0. The summed E-state index contributed by atoms with van der Waals surface area (Å²) >= 11 is 0. The number of rotatable bonds is 3. The van der Waals surface area contributed by atoms with Crippen LogP contribution in [-0.2, 0) is 5.41 Å². The number of hydrogen-bond acceptors (Lipinski definition) is 2. The topological polar surface area (TPSA) is 15.3 Å². The summed E-state index contributed by atoms with van der Waals surface area (Å²) in [5.41, 5.74) is 3.59. The third-order valence-corrected chi connectivity index (χ3v) is 3.45. The van der Waals surface area contributed by atoms with Gasteiger partial charge in [-0.1, -0.05) is 0 Å². The van der Waals surface area contributed by atoms with Crippen molar-refractivity contribution in [3.05, 3.63) is 35.4 Å². The Labute approximate surface area is 105 Å². The molecule has 89 valence electrons. The van der Waals surface area contributed by atoms with Crippen LogP contribution in [-0.4, -0.2) is 37.7 Å². The van der Waals surface area contributed by atoms with Gasteiger partial charge in [0.2, 0.25) is 0 Å². The van der Waals surface area contributed by atoms with Gasteiger partial charge in [0.15, 0.2) is 0 Å². The molecule has 2 nitrogen and oxygen atoms in total. The van der Waals surface area contributed by atoms with Gasteiger partial charge < -0.3 is 0 Å². The molecule has 2 rings (SSSR count). The second kappa shape index (κ2) is 4.56. The predicted octanol–water partition coefficient (Wildman–Crippen LogP) is 1.43. The maximum atomic E-state index is 5.92. The first-order valence-corrected chi connectivity index (χ1v) is 6.17. The fraction of sp³-hybridized carbons (Fsp3) is 0.500. The first kappa shape index (κ1) is 12.2. The molecule has 1 aromatic carbocycles. The Morgan fingerprint density at radius 2 is 1.94 bits per heavy atom. The maximum absolute atomic E-state index is 5.92. The minimum atomic E-state index is 0.115. The number of hydrogen-bond donors (Lipinski definition) is 1. The normalized spacial score (nSPS) is 16.1. The van der Waals surface area contributed by atoms with Crippen molar-refractivity contribution in [2.24, 2.45) is 0 Å². The van der Waals surface area contributed by atoms with Gasteiger partial charge in [-0.2, -0.15) is 0 Å². The van der Waals surface area contributed by atoms with Crippen LogP contribution in [0.4, 0.5) is 0 Å². The Hall–Kier alpha value is -1.25. The van der Waals surface area contributed by atoms with E-state index in [-0.39, 0.29) is 5.41 Å². The van der Waals surface area contributed by atoms with Crippen LogP contribution in [0.15, 0.2) is 24.3 Å². The van der Waals surface area contributed by atoms with Crippen LogP contribution in [0.3, 0.4) is 0 Å². The fourth-order valence-electron chi connectivity index (χ4n) is 2.29. The molecular weight excluding hydrogens is 207 g/mol. The molecule has 0 saturated carbocycles. The Bertz CT molecular complexity index is 409. The Morgan fingerprint density at radius 1 is 1.29 bits per heavy atom. The SMILES string of the molecule is [B]=C1NCCN1CC(C)(C)c1ccc(C)cc1. The Morgan fingerprint density at radius 3 is 2.47 bits per heavy atom. The van der Waals surface area contributed by atoms with E-state index in [9.17, 15) is 0 Å². The van der Waals surface area contributed by atoms with E-state index >= 15 is 0 Å². The van der Waals surface area contributed by atoms with Crippen LogP contribution in [0.25, 0.3) is 0 Å². The molecule has 1 aliphatic rings. The predicted molar refractivity (Wildman–Crippen MR) is 74.5 cm³/mol. The van der Waals surface area contributed by atoms with E-state index in [4.69, 9.17) is 7.49 Å². The van der Waals surface area contributed by atoms with Gasteiger partial charge in [-0.25, -0.2) is 0 Å². The molecule has 0 spiro atoms. The molecule has 17 heavy (non-hydrogen) atoms. The van der Waals surface area contributed by atoms with Crippen LogP contribution in [0.5, 0.6) is 0 Å². The van der Waals surface area contributed by atoms with E-state index in [2.05, 4.69) is 55.3 Å². The van der Waals surface area contributed by atoms with Crippen molar-refractivity contribution < 1.29 is 0 Å². The minimum absolute atomic E-state index is 0.115. The van der Waals surface area contributed by atoms with Crippen molar-refractivity contribution in [1.29, 1.82) is 0 Å². The van der Waals surface area contributed by atoms with Gasteiger partial charge in [-0.05, 0) is 0 Å². The van der Waals surface area contributed by atoms with Gasteiger partial charge in [0.25, 0.3) is 0 Å². The van der Waals surface area contributed by atoms with Crippen LogP contribution in [0, 0.1) is 6.92 Å². The molecule has 0 aliphatic carbocycles. The van der Waals surface area contributed by atoms with Crippen LogP contribution in [0.2, 0.25) is 0 Å². The molecule has 0 unspecified atom stereocenters. The molecule has 1 aliphatic heterocycles. The number of nitrogens with zero attached hydrogens (tertiary/aromatic N) is 1. The molecule has 1 radical (unpaired) electrons. The summed E-state index contributed by atoms with van der Waals surface area (Å²) in [5.74, 6) is 0. The standard InChI is InChI=1S/C14H20BN2/c1-11-4-6-12(7-5-11)14(2,3)10-17-9-8-16-13(17)15/h4-7,16H,8-10H2,1-3H3. The summed E-state index contributed by atoms with van der Waals surface area (Å²) in [6.07, 6.45) is 0. The van der Waals surface area contributed by atoms with Crippen molar-refractivity contribution >= 4 is 13.2 Å². The van der Waals surface area contributed by atoms with Crippen LogP contribution < -0.4 is 5.32 Å². The summed E-state index contributed by atoms with van der Waals surface area (Å²) in [5, 5.41) is 3.17. The third-order valence-electron chi connectivity index (χ3n) is 3.45. The summed E-state index contributed by atoms with van der Waals surface area (Å²) in [4.78, 5) is 2.22. The summed E-state index contributed by atoms with van der Waals surface area (Å²) in [6.45, 7) is 9.56. The molecule has 0 atom stereocenters. The van der Waals surface area contributed by atoms with E-state index in [0.29, 0.717) is 0 Å². The first-order chi connectivity index (χ1) is 7.99. The van der Waals surface area contributed by atoms with E-state index < -0.39 is 0 Å². The second-order valence-electron chi connectivity index (χ2n) is 5.48. The number of aryl methyl sites for hydroxylation is 1. The first-order valence-electron chi connectivity index (χ1n) is 6.17. The van der Waals surface area contributed by atoms with Gasteiger partial charge in [0.1, 0.15) is 0 Å². The molecule has 0 aromatic heterocycles. The molecular formula is C14H20BN2. The molecule has 1 fully saturated rings. The van der Waals surface area contributed by atoms with E-state index in [1.54, 1.807) is 0 Å². The zero-order valence-corrected chi connectivity index (χ0v) is 11.0. The number of nitrogens with one attached hydrogen (secondary N) is 1. The van der Waals surface area contributed by atoms with Gasteiger partial charge in [0.05, 0.1) is 0 Å². The van der Waals surface area contributed by atoms with E-state index in [1.807, 2.05) is 0 Å². The van der Waals surface area contributed by atoms with Gasteiger partial charge in [-0.3, -0.25) is 0 Å². The molecule has 1 saturated heterocycles. The molecule has 1 aromatic rings. The third kappa shape index (κ3) is 2.71. The van der Waals surface area contributed by atoms with Gasteiger partial charge in [-0.15, -0.1) is 0 Å². The zero-order chi connectivity index (χ0) is 12.5. The van der Waals surface area contributed by atoms with Crippen molar-refractivity contribution in [2.45, 2.75) is 26.2 Å². The van der Waals surface area contributed by atoms with Gasteiger partial charge in [0, 0.05) is 0 Å². The Balaban J connectivity index is 2.12. The average Bonchev–Trinajstić information content (AvgIpc) is 2.64. The Kier molecular flexibility index (Phi) is 3.27. The average molecular weight is 227 g/mol. The van der Waals surface area contributed by atoms with Crippen LogP contribution >= 0.6 is 0 Å². The quantitative estimate of drug-likeness (QED) is 0.786. The van der Waals surface area contributed by atoms with Crippen molar-refractivity contribution in [1.82, 2.24) is 10.2 Å². The summed E-state index contributed by atoms with van der Waals surface area (Å²) in [7, 11) is 5.92. The summed E-state index contributed by atoms with van der Waals surface area (Å²) in [6, 6.07) is 8.78. The fourth-order valence-corrected chi connectivity index (χ4v) is 2.29. The van der Waals surface area contributed by atoms with Crippen molar-refractivity contribution in [3.8, 4) is 0 Å². The van der Waals surface area contributed by atoms with Gasteiger partial charge >= 0.3 is 105 Å². The van der Waals surface area contributed by atoms with E-state index in [1.165, 1.54) is 11.1 Å². The summed E-state index contributed by atoms with van der Waals surface area (Å²) < 4.78 is 0.